The molecule has 0 aromatic carbocycles. The number of methoxy groups -OCH3 is 1. The Hall–Kier alpha value is -0.720. The van der Waals surface area contributed by atoms with Gasteiger partial charge in [-0.15, -0.1) is 0 Å². The number of fused-ring (bicyclic) bond motifs is 7. The van der Waals surface area contributed by atoms with Crippen molar-refractivity contribution in [2.24, 2.45) is 52.3 Å². The molecule has 4 saturated carbocycles. The molecule has 0 bridgehead atoms. The highest BCUT2D eigenvalue weighted by Gasteiger charge is 2.70. The van der Waals surface area contributed by atoms with E-state index in [4.69, 9.17) is 37.9 Å². The number of aliphatic hydroxyl groups is 10. The molecule has 18 nitrogen and oxygen atoms in total. The minimum atomic E-state index is -1.62. The summed E-state index contributed by atoms with van der Waals surface area (Å²) in [6.45, 7) is 10.1. The van der Waals surface area contributed by atoms with Gasteiger partial charge >= 0.3 is 0 Å². The summed E-state index contributed by atoms with van der Waals surface area (Å²) in [4.78, 5) is 0. The van der Waals surface area contributed by atoms with Crippen LogP contribution in [0.15, 0.2) is 0 Å². The van der Waals surface area contributed by atoms with Gasteiger partial charge in [0, 0.05) is 19.4 Å². The number of aliphatic hydroxyl groups excluding tert-OH is 10. The molecule has 8 fully saturated rings. The largest absolute Gasteiger partial charge is 0.394 e. The number of rotatable bonds is 12. The molecule has 27 unspecified atom stereocenters. The molecule has 4 saturated heterocycles. The number of ether oxygens (including phenoxy) is 8. The zero-order valence-electron chi connectivity index (χ0n) is 37.6. The quantitative estimate of drug-likeness (QED) is 0.111. The lowest BCUT2D eigenvalue weighted by Gasteiger charge is -2.63. The van der Waals surface area contributed by atoms with Crippen LogP contribution in [0.2, 0.25) is 0 Å². The fourth-order valence-corrected chi connectivity index (χ4v) is 14.2. The summed E-state index contributed by atoms with van der Waals surface area (Å²) in [6, 6.07) is 0. The molecule has 63 heavy (non-hydrogen) atoms. The first-order valence-electron chi connectivity index (χ1n) is 23.6. The van der Waals surface area contributed by atoms with Crippen molar-refractivity contribution in [3.05, 3.63) is 0 Å². The minimum absolute atomic E-state index is 0.00450. The second kappa shape index (κ2) is 18.6. The van der Waals surface area contributed by atoms with Gasteiger partial charge in [0.1, 0.15) is 61.0 Å². The van der Waals surface area contributed by atoms with Gasteiger partial charge < -0.3 is 89.0 Å². The van der Waals surface area contributed by atoms with Crippen molar-refractivity contribution < 1.29 is 89.0 Å². The topological polar surface area (TPSA) is 276 Å². The van der Waals surface area contributed by atoms with E-state index in [-0.39, 0.29) is 59.7 Å². The highest BCUT2D eigenvalue weighted by atomic mass is 16.7. The van der Waals surface area contributed by atoms with E-state index in [1.165, 1.54) is 0 Å². The molecular formula is C45H76O18. The van der Waals surface area contributed by atoms with Crippen molar-refractivity contribution in [1.82, 2.24) is 0 Å². The van der Waals surface area contributed by atoms with Crippen molar-refractivity contribution in [1.29, 1.82) is 0 Å². The molecule has 8 aliphatic rings. The molecule has 0 aromatic heterocycles. The lowest BCUT2D eigenvalue weighted by Crippen LogP contribution is -2.64. The van der Waals surface area contributed by atoms with Crippen LogP contribution in [-0.2, 0) is 37.9 Å². The zero-order valence-corrected chi connectivity index (χ0v) is 37.6. The van der Waals surface area contributed by atoms with Crippen LogP contribution in [0, 0.1) is 52.3 Å². The van der Waals surface area contributed by atoms with Gasteiger partial charge in [-0.1, -0.05) is 27.7 Å². The Balaban J connectivity index is 0.954. The van der Waals surface area contributed by atoms with Crippen molar-refractivity contribution in [3.8, 4) is 0 Å². The molecule has 8 rings (SSSR count). The lowest BCUT2D eigenvalue weighted by molar-refractivity contribution is -0.357. The molecule has 0 amide bonds. The highest BCUT2D eigenvalue weighted by molar-refractivity contribution is 5.16. The van der Waals surface area contributed by atoms with E-state index in [0.717, 1.165) is 25.7 Å². The van der Waals surface area contributed by atoms with Crippen molar-refractivity contribution >= 4 is 0 Å². The van der Waals surface area contributed by atoms with E-state index in [9.17, 15) is 51.1 Å². The predicted octanol–water partition coefficient (Wildman–Crippen LogP) is -0.488. The Morgan fingerprint density at radius 3 is 2.14 bits per heavy atom. The van der Waals surface area contributed by atoms with Crippen LogP contribution >= 0.6 is 0 Å². The molecule has 0 aromatic rings. The molecule has 0 spiro atoms. The normalized spacial score (nSPS) is 56.3. The van der Waals surface area contributed by atoms with Crippen LogP contribution in [-0.4, -0.2) is 188 Å². The van der Waals surface area contributed by atoms with E-state index >= 15 is 0 Å². The zero-order chi connectivity index (χ0) is 45.5. The monoisotopic (exact) mass is 905 g/mol. The summed E-state index contributed by atoms with van der Waals surface area (Å²) >= 11 is 0. The van der Waals surface area contributed by atoms with E-state index < -0.39 is 111 Å². The van der Waals surface area contributed by atoms with Gasteiger partial charge in [-0.2, -0.15) is 0 Å². The van der Waals surface area contributed by atoms with Gasteiger partial charge in [0.15, 0.2) is 24.7 Å². The van der Waals surface area contributed by atoms with E-state index in [2.05, 4.69) is 20.8 Å². The maximum atomic E-state index is 11.7. The molecule has 4 heterocycles. The first-order valence-corrected chi connectivity index (χ1v) is 23.6. The first kappa shape index (κ1) is 48.7. The molecule has 18 heteroatoms. The lowest BCUT2D eigenvalue weighted by atomic mass is 9.43. The summed E-state index contributed by atoms with van der Waals surface area (Å²) in [5.41, 5.74) is -0.219. The fourth-order valence-electron chi connectivity index (χ4n) is 14.2. The van der Waals surface area contributed by atoms with Gasteiger partial charge in [0.05, 0.1) is 44.2 Å². The van der Waals surface area contributed by atoms with Crippen LogP contribution in [0.3, 0.4) is 0 Å². The smallest absolute Gasteiger partial charge is 0.186 e. The van der Waals surface area contributed by atoms with Gasteiger partial charge in [0.2, 0.25) is 0 Å². The fraction of sp³-hybridized carbons (Fsp3) is 1.00. The molecule has 27 atom stereocenters. The first-order chi connectivity index (χ1) is 29.8. The standard InChI is InChI=1S/C45H76O18/c1-19(17-57-40-37(54)35(52)34(51)30(16-46)61-40)7-12-45(56-6)20(2)31-29(63-45)15-25-23-14-28(26-13-22(47)8-10-43(26,4)24(23)9-11-44(25,31)5)60-42-38(55)39(32(49)21(3)59-42)62-41-36(53)33(50)27(48)18-58-41/h19-42,46-55H,7-18H2,1-6H3. The second-order valence-corrected chi connectivity index (χ2v) is 21.3. The summed E-state index contributed by atoms with van der Waals surface area (Å²) in [5.74, 6) is 0.402. The third-order valence-corrected chi connectivity index (χ3v) is 17.9. The average molecular weight is 905 g/mol. The molecule has 4 aliphatic heterocycles. The van der Waals surface area contributed by atoms with E-state index in [1.54, 1.807) is 14.0 Å². The van der Waals surface area contributed by atoms with Crippen LogP contribution in [0.25, 0.3) is 0 Å². The Bertz CT molecular complexity index is 1540. The third kappa shape index (κ3) is 8.49. The van der Waals surface area contributed by atoms with Crippen LogP contribution in [0.1, 0.15) is 92.4 Å². The Morgan fingerprint density at radius 1 is 0.714 bits per heavy atom. The number of hydrogen-bond acceptors (Lipinski definition) is 18. The predicted molar refractivity (Wildman–Crippen MR) is 218 cm³/mol. The van der Waals surface area contributed by atoms with Gasteiger partial charge in [0.25, 0.3) is 0 Å². The third-order valence-electron chi connectivity index (χ3n) is 17.9. The molecular weight excluding hydrogens is 828 g/mol. The highest BCUT2D eigenvalue weighted by Crippen LogP contribution is 2.71. The SMILES string of the molecule is COC1(CCC(C)COC2OC(CO)C(O)C(O)C2O)OC2CC3C4CC(OC5OC(C)C(O)C(OC6OCC(O)C(O)C6O)C5O)C5CC(O)CCC5(C)C4CCC3(C)C2C1C. The molecule has 10 N–H and O–H groups in total. The Labute approximate surface area is 370 Å². The molecule has 0 radical (unpaired) electrons. The van der Waals surface area contributed by atoms with E-state index in [1.807, 2.05) is 6.92 Å². The summed E-state index contributed by atoms with van der Waals surface area (Å²) in [6.07, 6.45) is -12.6. The van der Waals surface area contributed by atoms with Crippen LogP contribution in [0.4, 0.5) is 0 Å². The summed E-state index contributed by atoms with van der Waals surface area (Å²) < 4.78 is 49.2. The van der Waals surface area contributed by atoms with Crippen LogP contribution < -0.4 is 0 Å². The van der Waals surface area contributed by atoms with Gasteiger partial charge in [-0.25, -0.2) is 0 Å². The number of hydrogen-bond donors (Lipinski definition) is 10. The Morgan fingerprint density at radius 2 is 1.43 bits per heavy atom. The van der Waals surface area contributed by atoms with Gasteiger partial charge in [-0.3, -0.25) is 0 Å². The maximum absolute atomic E-state index is 11.7. The van der Waals surface area contributed by atoms with Crippen molar-refractivity contribution in [2.45, 2.75) is 203 Å². The Kier molecular flexibility index (Phi) is 14.4. The average Bonchev–Trinajstić information content (AvgIpc) is 3.72. The van der Waals surface area contributed by atoms with Gasteiger partial charge in [-0.05, 0) is 105 Å². The maximum Gasteiger partial charge on any atom is 0.186 e. The minimum Gasteiger partial charge on any atom is -0.394 e. The van der Waals surface area contributed by atoms with Crippen LogP contribution in [0.5, 0.6) is 0 Å². The second-order valence-electron chi connectivity index (χ2n) is 21.3. The van der Waals surface area contributed by atoms with Crippen molar-refractivity contribution in [2.75, 3.05) is 26.9 Å². The van der Waals surface area contributed by atoms with Crippen molar-refractivity contribution in [3.63, 3.8) is 0 Å². The molecule has 4 aliphatic carbocycles. The summed E-state index contributed by atoms with van der Waals surface area (Å²) in [5, 5.41) is 105. The molecule has 364 valence electrons. The van der Waals surface area contributed by atoms with E-state index in [0.29, 0.717) is 43.9 Å². The summed E-state index contributed by atoms with van der Waals surface area (Å²) in [7, 11) is 1.71.